The van der Waals surface area contributed by atoms with Crippen LogP contribution in [0.1, 0.15) is 73.4 Å². The molecule has 1 saturated carbocycles. The first-order valence-electron chi connectivity index (χ1n) is 16.1. The van der Waals surface area contributed by atoms with Crippen LogP contribution in [-0.2, 0) is 27.4 Å². The molecule has 236 valence electrons. The third-order valence-corrected chi connectivity index (χ3v) is 9.99. The summed E-state index contributed by atoms with van der Waals surface area (Å²) in [5.41, 5.74) is 3.73. The molecule has 10 heteroatoms. The molecule has 4 aliphatic rings. The van der Waals surface area contributed by atoms with E-state index in [1.165, 1.54) is 5.56 Å². The Morgan fingerprint density at radius 2 is 1.84 bits per heavy atom. The van der Waals surface area contributed by atoms with E-state index in [9.17, 15) is 14.4 Å². The molecule has 45 heavy (non-hydrogen) atoms. The van der Waals surface area contributed by atoms with Gasteiger partial charge < -0.3 is 19.7 Å². The van der Waals surface area contributed by atoms with E-state index in [2.05, 4.69) is 52.8 Å². The molecule has 3 fully saturated rings. The smallest absolute Gasteiger partial charge is 0.255 e. The highest BCUT2D eigenvalue weighted by molar-refractivity contribution is 6.05. The van der Waals surface area contributed by atoms with Crippen LogP contribution < -0.4 is 15.4 Å². The van der Waals surface area contributed by atoms with Gasteiger partial charge in [0, 0.05) is 56.2 Å². The topological polar surface area (TPSA) is 113 Å². The highest BCUT2D eigenvalue weighted by atomic mass is 16.5. The van der Waals surface area contributed by atoms with Gasteiger partial charge in [-0.2, -0.15) is 0 Å². The minimum absolute atomic E-state index is 0.0391. The Labute approximate surface area is 263 Å². The van der Waals surface area contributed by atoms with Gasteiger partial charge in [0.15, 0.2) is 0 Å². The fourth-order valence-electron chi connectivity index (χ4n) is 7.35. The van der Waals surface area contributed by atoms with Crippen LogP contribution in [0.3, 0.4) is 0 Å². The van der Waals surface area contributed by atoms with Crippen LogP contribution in [0, 0.1) is 0 Å². The molecule has 2 saturated heterocycles. The Balaban J connectivity index is 0.935. The van der Waals surface area contributed by atoms with Crippen molar-refractivity contribution in [2.75, 3.05) is 25.5 Å². The van der Waals surface area contributed by atoms with E-state index in [-0.39, 0.29) is 29.9 Å². The number of ether oxygens (including phenoxy) is 2. The van der Waals surface area contributed by atoms with E-state index in [1.54, 1.807) is 18.1 Å². The number of aromatic nitrogens is 1. The first-order valence-corrected chi connectivity index (χ1v) is 16.1. The number of carbonyl (C=O) groups excluding carboxylic acids is 3. The Morgan fingerprint density at radius 3 is 2.64 bits per heavy atom. The number of rotatable bonds is 8. The van der Waals surface area contributed by atoms with Crippen molar-refractivity contribution in [3.8, 4) is 5.75 Å². The van der Waals surface area contributed by atoms with Gasteiger partial charge in [0.05, 0.1) is 11.6 Å². The molecule has 2 N–H and O–H groups in total. The molecule has 10 nitrogen and oxygen atoms in total. The lowest BCUT2D eigenvalue weighted by Gasteiger charge is -2.38. The molecule has 2 aromatic carbocycles. The highest BCUT2D eigenvalue weighted by Gasteiger charge is 2.39. The number of carbonyl (C=O) groups is 3. The van der Waals surface area contributed by atoms with Crippen molar-refractivity contribution in [2.24, 2.45) is 0 Å². The third-order valence-electron chi connectivity index (χ3n) is 9.99. The number of amides is 3. The van der Waals surface area contributed by atoms with Gasteiger partial charge in [0.1, 0.15) is 23.7 Å². The molecule has 3 amide bonds. The van der Waals surface area contributed by atoms with Crippen LogP contribution in [-0.4, -0.2) is 76.5 Å². The molecular weight excluding hydrogens is 570 g/mol. The minimum atomic E-state index is -0.616. The molecule has 1 unspecified atom stereocenters. The van der Waals surface area contributed by atoms with Gasteiger partial charge in [-0.05, 0) is 99.0 Å². The van der Waals surface area contributed by atoms with Crippen molar-refractivity contribution < 1.29 is 23.9 Å². The monoisotopic (exact) mass is 611 g/mol. The Bertz CT molecular complexity index is 1630. The molecular formula is C35H41N5O5. The lowest BCUT2D eigenvalue weighted by atomic mass is 9.82. The molecule has 2 atom stereocenters. The van der Waals surface area contributed by atoms with Crippen LogP contribution in [0.5, 0.6) is 5.75 Å². The zero-order valence-corrected chi connectivity index (χ0v) is 26.0. The quantitative estimate of drug-likeness (QED) is 0.361. The molecule has 0 spiro atoms. The number of piperidine rings is 1. The Kier molecular flexibility index (Phi) is 7.95. The first kappa shape index (κ1) is 29.7. The van der Waals surface area contributed by atoms with Crippen molar-refractivity contribution in [1.29, 1.82) is 0 Å². The molecule has 0 bridgehead atoms. The molecule has 3 aliphatic heterocycles. The average Bonchev–Trinajstić information content (AvgIpc) is 3.60. The largest absolute Gasteiger partial charge is 0.489 e. The molecule has 1 aliphatic carbocycles. The SMILES string of the molecule is CO[C@H]1CC[C@@](C)(Nc2ccc3cc(CN4CC[C@H](Oc5ccc6c(c5)CN(C5CCC(=O)NC5=O)C6=O)C4)ccc3n2)CC1. The summed E-state index contributed by atoms with van der Waals surface area (Å²) in [4.78, 5) is 45.8. The van der Waals surface area contributed by atoms with E-state index in [0.29, 0.717) is 24.6 Å². The second kappa shape index (κ2) is 12.1. The summed E-state index contributed by atoms with van der Waals surface area (Å²) in [6, 6.07) is 15.7. The standard InChI is InChI=1S/C35H41N5O5/c1-35(14-11-25(44-2)12-15-35)38-31-9-4-23-17-22(3-7-29(23)36-31)19-39-16-13-27(21-39)45-26-5-6-28-24(18-26)20-40(34(28)43)30-8-10-32(41)37-33(30)42/h3-7,9,17-18,25,27,30H,8,10-16,19-21H2,1-2H3,(H,36,38)(H,37,41,42)/t25-,27-,30?,35+/m0/s1. The predicted octanol–water partition coefficient (Wildman–Crippen LogP) is 4.41. The summed E-state index contributed by atoms with van der Waals surface area (Å²) in [7, 11) is 1.80. The van der Waals surface area contributed by atoms with Crippen molar-refractivity contribution in [3.63, 3.8) is 0 Å². The fraction of sp³-hybridized carbons (Fsp3) is 0.486. The minimum Gasteiger partial charge on any atom is -0.489 e. The van der Waals surface area contributed by atoms with Crippen molar-refractivity contribution in [1.82, 2.24) is 20.1 Å². The van der Waals surface area contributed by atoms with Crippen LogP contribution in [0.4, 0.5) is 5.82 Å². The normalized spacial score (nSPS) is 27.1. The number of fused-ring (bicyclic) bond motifs is 2. The fourth-order valence-corrected chi connectivity index (χ4v) is 7.35. The van der Waals surface area contributed by atoms with Crippen LogP contribution in [0.2, 0.25) is 0 Å². The summed E-state index contributed by atoms with van der Waals surface area (Å²) in [6.45, 7) is 5.23. The highest BCUT2D eigenvalue weighted by Crippen LogP contribution is 2.33. The number of likely N-dealkylation sites (tertiary alicyclic amines) is 1. The summed E-state index contributed by atoms with van der Waals surface area (Å²) in [5.74, 6) is 0.806. The Morgan fingerprint density at radius 1 is 1.00 bits per heavy atom. The number of imide groups is 1. The summed E-state index contributed by atoms with van der Waals surface area (Å²) in [5, 5.41) is 7.18. The number of pyridine rings is 1. The van der Waals surface area contributed by atoms with E-state index >= 15 is 0 Å². The van der Waals surface area contributed by atoms with Gasteiger partial charge in [0.25, 0.3) is 5.91 Å². The van der Waals surface area contributed by atoms with E-state index in [4.69, 9.17) is 14.5 Å². The predicted molar refractivity (Wildman–Crippen MR) is 170 cm³/mol. The van der Waals surface area contributed by atoms with Gasteiger partial charge in [-0.1, -0.05) is 6.07 Å². The van der Waals surface area contributed by atoms with E-state index in [1.807, 2.05) is 12.1 Å². The number of hydrogen-bond donors (Lipinski definition) is 2. The molecule has 1 aromatic heterocycles. The number of nitrogens with one attached hydrogen (secondary N) is 2. The van der Waals surface area contributed by atoms with Gasteiger partial charge in [-0.25, -0.2) is 4.98 Å². The van der Waals surface area contributed by atoms with Gasteiger partial charge in [-0.3, -0.25) is 24.6 Å². The Hall–Kier alpha value is -4.02. The molecule has 0 radical (unpaired) electrons. The van der Waals surface area contributed by atoms with E-state index < -0.39 is 11.9 Å². The molecule has 7 rings (SSSR count). The zero-order chi connectivity index (χ0) is 31.1. The van der Waals surface area contributed by atoms with Crippen molar-refractivity contribution in [2.45, 2.75) is 88.7 Å². The number of benzene rings is 2. The number of methoxy groups -OCH3 is 1. The zero-order valence-electron chi connectivity index (χ0n) is 26.0. The van der Waals surface area contributed by atoms with Crippen LogP contribution in [0.15, 0.2) is 48.5 Å². The molecule has 3 aromatic rings. The first-order chi connectivity index (χ1) is 21.7. The van der Waals surface area contributed by atoms with Gasteiger partial charge in [0.2, 0.25) is 11.8 Å². The molecule has 4 heterocycles. The maximum atomic E-state index is 13.0. The third kappa shape index (κ3) is 6.26. The lowest BCUT2D eigenvalue weighted by molar-refractivity contribution is -0.136. The second-order valence-corrected chi connectivity index (χ2v) is 13.3. The number of nitrogens with zero attached hydrogens (tertiary/aromatic N) is 3. The maximum absolute atomic E-state index is 13.0. The van der Waals surface area contributed by atoms with Gasteiger partial charge >= 0.3 is 0 Å². The number of hydrogen-bond acceptors (Lipinski definition) is 8. The average molecular weight is 612 g/mol. The maximum Gasteiger partial charge on any atom is 0.255 e. The van der Waals surface area contributed by atoms with Crippen molar-refractivity contribution in [3.05, 3.63) is 65.2 Å². The summed E-state index contributed by atoms with van der Waals surface area (Å²) in [6.07, 6.45) is 6.22. The van der Waals surface area contributed by atoms with E-state index in [0.717, 1.165) is 79.8 Å². The van der Waals surface area contributed by atoms with Gasteiger partial charge in [-0.15, -0.1) is 0 Å². The number of anilines is 1. The van der Waals surface area contributed by atoms with Crippen LogP contribution >= 0.6 is 0 Å². The lowest BCUT2D eigenvalue weighted by Crippen LogP contribution is -2.52. The summed E-state index contributed by atoms with van der Waals surface area (Å²) >= 11 is 0. The van der Waals surface area contributed by atoms with Crippen LogP contribution in [0.25, 0.3) is 10.9 Å². The van der Waals surface area contributed by atoms with Crippen molar-refractivity contribution >= 4 is 34.4 Å². The summed E-state index contributed by atoms with van der Waals surface area (Å²) < 4.78 is 11.9. The second-order valence-electron chi connectivity index (χ2n) is 13.3.